The van der Waals surface area contributed by atoms with Gasteiger partial charge < -0.3 is 14.0 Å². The van der Waals surface area contributed by atoms with Gasteiger partial charge in [0.15, 0.2) is 13.3 Å². The van der Waals surface area contributed by atoms with Crippen LogP contribution in [0, 0.1) is 0 Å². The Morgan fingerprint density at radius 1 is 1.30 bits per heavy atom. The summed E-state index contributed by atoms with van der Waals surface area (Å²) in [5, 5.41) is 3.92. The van der Waals surface area contributed by atoms with Crippen LogP contribution in [0.25, 0.3) is 0 Å². The summed E-state index contributed by atoms with van der Waals surface area (Å²) < 4.78 is 10.6. The number of hydrazone groups is 1. The van der Waals surface area contributed by atoms with Gasteiger partial charge in [0.25, 0.3) is 5.91 Å². The van der Waals surface area contributed by atoms with Crippen LogP contribution in [0.4, 0.5) is 0 Å². The fraction of sp³-hybridized carbons (Fsp3) is 0.429. The van der Waals surface area contributed by atoms with Crippen molar-refractivity contribution in [2.24, 2.45) is 5.10 Å². The first-order valence-electron chi connectivity index (χ1n) is 6.25. The Balaban J connectivity index is 2.44. The van der Waals surface area contributed by atoms with E-state index in [-0.39, 0.29) is 12.7 Å². The van der Waals surface area contributed by atoms with Gasteiger partial charge in [-0.15, -0.1) is 0 Å². The SMILES string of the molecule is COCOc1ccc(/C=N/NC(=O)C[N+](C)(C)C)cc1. The Hall–Kier alpha value is -1.92. The third kappa shape index (κ3) is 6.86. The fourth-order valence-electron chi connectivity index (χ4n) is 1.42. The van der Waals surface area contributed by atoms with Crippen molar-refractivity contribution >= 4 is 12.1 Å². The van der Waals surface area contributed by atoms with Gasteiger partial charge >= 0.3 is 0 Å². The average molecular weight is 280 g/mol. The molecule has 0 spiro atoms. The molecule has 1 aromatic carbocycles. The number of quaternary nitrogens is 1. The lowest BCUT2D eigenvalue weighted by atomic mass is 10.2. The minimum Gasteiger partial charge on any atom is -0.468 e. The van der Waals surface area contributed by atoms with Gasteiger partial charge in [-0.3, -0.25) is 4.79 Å². The third-order valence-electron chi connectivity index (χ3n) is 2.24. The maximum Gasteiger partial charge on any atom is 0.295 e. The second-order valence-electron chi connectivity index (χ2n) is 5.36. The van der Waals surface area contributed by atoms with E-state index in [9.17, 15) is 4.79 Å². The number of ether oxygens (including phenoxy) is 2. The van der Waals surface area contributed by atoms with E-state index in [1.165, 1.54) is 0 Å². The Labute approximate surface area is 119 Å². The molecule has 1 amide bonds. The average Bonchev–Trinajstić information content (AvgIpc) is 2.35. The summed E-state index contributed by atoms with van der Waals surface area (Å²) in [6, 6.07) is 7.32. The zero-order valence-corrected chi connectivity index (χ0v) is 12.4. The van der Waals surface area contributed by atoms with Crippen LogP contribution in [0.15, 0.2) is 29.4 Å². The number of nitrogens with one attached hydrogen (secondary N) is 1. The van der Waals surface area contributed by atoms with Crippen LogP contribution in [0.3, 0.4) is 0 Å². The van der Waals surface area contributed by atoms with E-state index in [4.69, 9.17) is 9.47 Å². The minimum atomic E-state index is -0.117. The van der Waals surface area contributed by atoms with Crippen molar-refractivity contribution < 1.29 is 18.8 Å². The Morgan fingerprint density at radius 3 is 2.50 bits per heavy atom. The van der Waals surface area contributed by atoms with Gasteiger partial charge in [0.1, 0.15) is 5.75 Å². The molecule has 20 heavy (non-hydrogen) atoms. The lowest BCUT2D eigenvalue weighted by Gasteiger charge is -2.21. The van der Waals surface area contributed by atoms with Crippen LogP contribution < -0.4 is 10.2 Å². The first-order valence-corrected chi connectivity index (χ1v) is 6.25. The predicted molar refractivity (Wildman–Crippen MR) is 77.6 cm³/mol. The highest BCUT2D eigenvalue weighted by molar-refractivity contribution is 5.82. The number of carbonyl (C=O) groups excluding carboxylic acids is 1. The van der Waals surface area contributed by atoms with E-state index in [0.717, 1.165) is 11.3 Å². The number of methoxy groups -OCH3 is 1. The van der Waals surface area contributed by atoms with Crippen molar-refractivity contribution in [2.75, 3.05) is 41.6 Å². The number of carbonyl (C=O) groups is 1. The third-order valence-corrected chi connectivity index (χ3v) is 2.24. The maximum absolute atomic E-state index is 11.5. The molecule has 1 aromatic rings. The first-order chi connectivity index (χ1) is 9.40. The summed E-state index contributed by atoms with van der Waals surface area (Å²) in [4.78, 5) is 11.5. The highest BCUT2D eigenvalue weighted by Crippen LogP contribution is 2.10. The van der Waals surface area contributed by atoms with Crippen molar-refractivity contribution in [1.82, 2.24) is 5.43 Å². The molecule has 1 N–H and O–H groups in total. The van der Waals surface area contributed by atoms with Crippen molar-refractivity contribution in [2.45, 2.75) is 0 Å². The summed E-state index contributed by atoms with van der Waals surface area (Å²) in [7, 11) is 7.41. The van der Waals surface area contributed by atoms with E-state index in [2.05, 4.69) is 10.5 Å². The summed E-state index contributed by atoms with van der Waals surface area (Å²) in [5.41, 5.74) is 3.38. The minimum absolute atomic E-state index is 0.117. The van der Waals surface area contributed by atoms with E-state index < -0.39 is 0 Å². The molecule has 0 radical (unpaired) electrons. The van der Waals surface area contributed by atoms with Crippen LogP contribution in [0.5, 0.6) is 5.75 Å². The Bertz CT molecular complexity index is 450. The molecule has 6 nitrogen and oxygen atoms in total. The summed E-state index contributed by atoms with van der Waals surface area (Å²) in [6.45, 7) is 0.593. The zero-order chi connectivity index (χ0) is 15.0. The smallest absolute Gasteiger partial charge is 0.295 e. The Morgan fingerprint density at radius 2 is 1.95 bits per heavy atom. The second kappa shape index (κ2) is 7.62. The van der Waals surface area contributed by atoms with Gasteiger partial charge in [-0.1, -0.05) is 0 Å². The van der Waals surface area contributed by atoms with Crippen LogP contribution in [-0.4, -0.2) is 58.2 Å². The molecule has 0 saturated heterocycles. The molecule has 0 heterocycles. The van der Waals surface area contributed by atoms with Gasteiger partial charge in [0.2, 0.25) is 0 Å². The second-order valence-corrected chi connectivity index (χ2v) is 5.36. The van der Waals surface area contributed by atoms with Gasteiger partial charge in [0.05, 0.1) is 27.4 Å². The van der Waals surface area contributed by atoms with Crippen molar-refractivity contribution in [1.29, 1.82) is 0 Å². The number of likely N-dealkylation sites (N-methyl/N-ethyl adjacent to an activating group) is 1. The molecule has 6 heteroatoms. The van der Waals surface area contributed by atoms with Crippen molar-refractivity contribution in [3.63, 3.8) is 0 Å². The number of nitrogens with zero attached hydrogens (tertiary/aromatic N) is 2. The zero-order valence-electron chi connectivity index (χ0n) is 12.4. The number of hydrogen-bond acceptors (Lipinski definition) is 4. The topological polar surface area (TPSA) is 59.9 Å². The quantitative estimate of drug-likeness (QED) is 0.348. The maximum atomic E-state index is 11.5. The molecule has 0 atom stereocenters. The van der Waals surface area contributed by atoms with E-state index in [1.807, 2.05) is 45.4 Å². The summed E-state index contributed by atoms with van der Waals surface area (Å²) in [5.74, 6) is 0.604. The number of amides is 1. The highest BCUT2D eigenvalue weighted by Gasteiger charge is 2.12. The lowest BCUT2D eigenvalue weighted by molar-refractivity contribution is -0.862. The normalized spacial score (nSPS) is 11.6. The summed E-state index contributed by atoms with van der Waals surface area (Å²) in [6.07, 6.45) is 1.59. The molecule has 0 bridgehead atoms. The fourth-order valence-corrected chi connectivity index (χ4v) is 1.42. The first kappa shape index (κ1) is 16.1. The highest BCUT2D eigenvalue weighted by atomic mass is 16.7. The van der Waals surface area contributed by atoms with Crippen LogP contribution >= 0.6 is 0 Å². The number of hydrogen-bond donors (Lipinski definition) is 1. The standard InChI is InChI=1S/C14H21N3O3/c1-17(2,3)10-14(18)16-15-9-12-5-7-13(8-6-12)20-11-19-4/h5-9H,10-11H2,1-4H3/p+1/b15-9+. The van der Waals surface area contributed by atoms with E-state index in [0.29, 0.717) is 11.0 Å². The molecule has 0 fully saturated rings. The molecule has 0 aliphatic rings. The van der Waals surface area contributed by atoms with E-state index in [1.54, 1.807) is 13.3 Å². The van der Waals surface area contributed by atoms with Gasteiger partial charge in [-0.2, -0.15) is 5.10 Å². The molecule has 0 aliphatic carbocycles. The molecular formula is C14H22N3O3+. The van der Waals surface area contributed by atoms with Gasteiger partial charge in [-0.05, 0) is 29.8 Å². The van der Waals surface area contributed by atoms with Crippen molar-refractivity contribution in [3.8, 4) is 5.75 Å². The lowest BCUT2D eigenvalue weighted by Crippen LogP contribution is -2.43. The molecular weight excluding hydrogens is 258 g/mol. The van der Waals surface area contributed by atoms with Crippen LogP contribution in [-0.2, 0) is 9.53 Å². The Kier molecular flexibility index (Phi) is 6.14. The monoisotopic (exact) mass is 280 g/mol. The molecule has 1 rings (SSSR count). The number of rotatable bonds is 7. The van der Waals surface area contributed by atoms with Gasteiger partial charge in [0, 0.05) is 7.11 Å². The predicted octanol–water partition coefficient (Wildman–Crippen LogP) is 0.826. The van der Waals surface area contributed by atoms with Crippen LogP contribution in [0.2, 0.25) is 0 Å². The molecule has 110 valence electrons. The molecule has 0 aliphatic heterocycles. The largest absolute Gasteiger partial charge is 0.468 e. The molecule has 0 saturated carbocycles. The summed E-state index contributed by atoms with van der Waals surface area (Å²) >= 11 is 0. The van der Waals surface area contributed by atoms with Crippen molar-refractivity contribution in [3.05, 3.63) is 29.8 Å². The van der Waals surface area contributed by atoms with Gasteiger partial charge in [-0.25, -0.2) is 5.43 Å². The molecule has 0 aromatic heterocycles. The van der Waals surface area contributed by atoms with Crippen LogP contribution in [0.1, 0.15) is 5.56 Å². The van der Waals surface area contributed by atoms with E-state index >= 15 is 0 Å². The molecule has 0 unspecified atom stereocenters. The number of benzene rings is 1.